The lowest BCUT2D eigenvalue weighted by Crippen LogP contribution is -2.50. The number of likely N-dealkylation sites (N-methyl/N-ethyl adjacent to an activating group) is 1. The van der Waals surface area contributed by atoms with Crippen molar-refractivity contribution in [2.24, 2.45) is 5.92 Å². The molecule has 1 aliphatic heterocycles. The zero-order valence-electron chi connectivity index (χ0n) is 13.8. The van der Waals surface area contributed by atoms with Crippen molar-refractivity contribution in [2.45, 2.75) is 32.3 Å². The molecule has 0 bridgehead atoms. The third-order valence-electron chi connectivity index (χ3n) is 5.01. The molecule has 0 aliphatic carbocycles. The first-order valence-electron chi connectivity index (χ1n) is 8.20. The van der Waals surface area contributed by atoms with Crippen LogP contribution in [0.4, 0.5) is 0 Å². The quantitative estimate of drug-likeness (QED) is 0.870. The van der Waals surface area contributed by atoms with E-state index in [2.05, 4.69) is 55.0 Å². The fraction of sp³-hybridized carbons (Fsp3) is 0.667. The molecular formula is C18H30N2O. The van der Waals surface area contributed by atoms with Gasteiger partial charge in [0.25, 0.3) is 0 Å². The summed E-state index contributed by atoms with van der Waals surface area (Å²) >= 11 is 0. The standard InChI is InChI=1S/C18H30N2O/c1-4-18(21,14-17-8-6-5-7-9-17)16(2)15-20-12-10-19(3)11-13-20/h5-9,16,21H,4,10-15H2,1-3H3. The zero-order valence-corrected chi connectivity index (χ0v) is 13.8. The summed E-state index contributed by atoms with van der Waals surface area (Å²) in [5.74, 6) is 0.283. The Kier molecular flexibility index (Phi) is 5.80. The van der Waals surface area contributed by atoms with Crippen LogP contribution in [0.15, 0.2) is 30.3 Å². The first kappa shape index (κ1) is 16.5. The highest BCUT2D eigenvalue weighted by Gasteiger charge is 2.33. The minimum absolute atomic E-state index is 0.283. The molecule has 2 unspecified atom stereocenters. The van der Waals surface area contributed by atoms with Gasteiger partial charge in [-0.25, -0.2) is 0 Å². The summed E-state index contributed by atoms with van der Waals surface area (Å²) in [5, 5.41) is 11.1. The number of hydrogen-bond acceptors (Lipinski definition) is 3. The van der Waals surface area contributed by atoms with E-state index in [1.807, 2.05) is 6.07 Å². The van der Waals surface area contributed by atoms with Crippen LogP contribution in [0.2, 0.25) is 0 Å². The highest BCUT2D eigenvalue weighted by atomic mass is 16.3. The Labute approximate surface area is 129 Å². The average molecular weight is 290 g/mol. The van der Waals surface area contributed by atoms with Crippen molar-refractivity contribution in [1.82, 2.24) is 9.80 Å². The van der Waals surface area contributed by atoms with Gasteiger partial charge in [0.1, 0.15) is 0 Å². The number of rotatable bonds is 6. The molecule has 2 rings (SSSR count). The number of nitrogens with zero attached hydrogens (tertiary/aromatic N) is 2. The third-order valence-corrected chi connectivity index (χ3v) is 5.01. The largest absolute Gasteiger partial charge is 0.389 e. The maximum atomic E-state index is 11.1. The van der Waals surface area contributed by atoms with Crippen LogP contribution in [0, 0.1) is 5.92 Å². The third kappa shape index (κ3) is 4.53. The maximum Gasteiger partial charge on any atom is 0.0722 e. The molecule has 3 heteroatoms. The van der Waals surface area contributed by atoms with Crippen LogP contribution in [-0.2, 0) is 6.42 Å². The molecule has 3 nitrogen and oxygen atoms in total. The molecule has 0 radical (unpaired) electrons. The predicted octanol–water partition coefficient (Wildman–Crippen LogP) is 2.25. The Hall–Kier alpha value is -0.900. The molecule has 21 heavy (non-hydrogen) atoms. The predicted molar refractivity (Wildman–Crippen MR) is 88.5 cm³/mol. The maximum absolute atomic E-state index is 11.1. The summed E-state index contributed by atoms with van der Waals surface area (Å²) in [6.45, 7) is 9.79. The van der Waals surface area contributed by atoms with Crippen LogP contribution < -0.4 is 0 Å². The molecule has 1 N–H and O–H groups in total. The topological polar surface area (TPSA) is 26.7 Å². The van der Waals surface area contributed by atoms with E-state index >= 15 is 0 Å². The summed E-state index contributed by atoms with van der Waals surface area (Å²) in [6.07, 6.45) is 1.55. The smallest absolute Gasteiger partial charge is 0.0722 e. The van der Waals surface area contributed by atoms with E-state index in [1.54, 1.807) is 0 Å². The average Bonchev–Trinajstić information content (AvgIpc) is 2.50. The molecule has 118 valence electrons. The lowest BCUT2D eigenvalue weighted by molar-refractivity contribution is -0.0314. The molecule has 0 saturated carbocycles. The van der Waals surface area contributed by atoms with Crippen LogP contribution in [-0.4, -0.2) is 60.3 Å². The van der Waals surface area contributed by atoms with Gasteiger partial charge >= 0.3 is 0 Å². The Morgan fingerprint density at radius 3 is 2.33 bits per heavy atom. The van der Waals surface area contributed by atoms with Gasteiger partial charge in [0.05, 0.1) is 5.60 Å². The number of aliphatic hydroxyl groups is 1. The summed E-state index contributed by atoms with van der Waals surface area (Å²) in [4.78, 5) is 4.87. The molecule has 1 fully saturated rings. The van der Waals surface area contributed by atoms with Gasteiger partial charge in [-0.2, -0.15) is 0 Å². The first-order chi connectivity index (χ1) is 10.0. The van der Waals surface area contributed by atoms with E-state index in [4.69, 9.17) is 0 Å². The summed E-state index contributed by atoms with van der Waals surface area (Å²) < 4.78 is 0. The summed E-state index contributed by atoms with van der Waals surface area (Å²) in [7, 11) is 2.18. The van der Waals surface area contributed by atoms with Gasteiger partial charge in [-0.1, -0.05) is 44.2 Å². The normalized spacial score (nSPS) is 21.9. The van der Waals surface area contributed by atoms with Gasteiger partial charge in [-0.3, -0.25) is 0 Å². The lowest BCUT2D eigenvalue weighted by atomic mass is 9.80. The molecule has 1 aliphatic rings. The Morgan fingerprint density at radius 2 is 1.76 bits per heavy atom. The van der Waals surface area contributed by atoms with Gasteiger partial charge < -0.3 is 14.9 Å². The van der Waals surface area contributed by atoms with Crippen molar-refractivity contribution in [3.63, 3.8) is 0 Å². The molecule has 1 aromatic rings. The molecule has 1 heterocycles. The van der Waals surface area contributed by atoms with Crippen molar-refractivity contribution in [3.8, 4) is 0 Å². The van der Waals surface area contributed by atoms with Crippen LogP contribution in [0.25, 0.3) is 0 Å². The van der Waals surface area contributed by atoms with Gasteiger partial charge in [0, 0.05) is 39.1 Å². The van der Waals surface area contributed by atoms with Crippen molar-refractivity contribution in [3.05, 3.63) is 35.9 Å². The van der Waals surface area contributed by atoms with Crippen LogP contribution in [0.5, 0.6) is 0 Å². The lowest BCUT2D eigenvalue weighted by Gasteiger charge is -2.39. The second-order valence-corrected chi connectivity index (χ2v) is 6.62. The van der Waals surface area contributed by atoms with Crippen molar-refractivity contribution < 1.29 is 5.11 Å². The SMILES string of the molecule is CCC(O)(Cc1ccccc1)C(C)CN1CCN(C)CC1. The Bertz CT molecular complexity index is 414. The minimum Gasteiger partial charge on any atom is -0.389 e. The number of benzene rings is 1. The first-order valence-corrected chi connectivity index (χ1v) is 8.20. The van der Waals surface area contributed by atoms with Crippen molar-refractivity contribution in [2.75, 3.05) is 39.8 Å². The fourth-order valence-corrected chi connectivity index (χ4v) is 3.18. The number of hydrogen-bond donors (Lipinski definition) is 1. The minimum atomic E-state index is -0.606. The molecule has 0 spiro atoms. The molecule has 0 amide bonds. The zero-order chi connectivity index (χ0) is 15.3. The van der Waals surface area contributed by atoms with Crippen molar-refractivity contribution >= 4 is 0 Å². The van der Waals surface area contributed by atoms with Crippen LogP contribution in [0.1, 0.15) is 25.8 Å². The second-order valence-electron chi connectivity index (χ2n) is 6.62. The summed E-state index contributed by atoms with van der Waals surface area (Å²) in [6, 6.07) is 10.4. The van der Waals surface area contributed by atoms with Crippen LogP contribution >= 0.6 is 0 Å². The van der Waals surface area contributed by atoms with E-state index in [9.17, 15) is 5.11 Å². The monoisotopic (exact) mass is 290 g/mol. The molecule has 0 aromatic heterocycles. The van der Waals surface area contributed by atoms with Gasteiger partial charge in [0.15, 0.2) is 0 Å². The van der Waals surface area contributed by atoms with Gasteiger partial charge in [0.2, 0.25) is 0 Å². The highest BCUT2D eigenvalue weighted by Crippen LogP contribution is 2.27. The van der Waals surface area contributed by atoms with E-state index in [0.29, 0.717) is 0 Å². The van der Waals surface area contributed by atoms with E-state index in [-0.39, 0.29) is 5.92 Å². The van der Waals surface area contributed by atoms with E-state index in [1.165, 1.54) is 5.56 Å². The Morgan fingerprint density at radius 1 is 1.14 bits per heavy atom. The molecular weight excluding hydrogens is 260 g/mol. The highest BCUT2D eigenvalue weighted by molar-refractivity contribution is 5.17. The fourth-order valence-electron chi connectivity index (χ4n) is 3.18. The van der Waals surface area contributed by atoms with E-state index < -0.39 is 5.60 Å². The van der Waals surface area contributed by atoms with E-state index in [0.717, 1.165) is 45.6 Å². The molecule has 1 saturated heterocycles. The van der Waals surface area contributed by atoms with Crippen LogP contribution in [0.3, 0.4) is 0 Å². The number of piperazine rings is 1. The van der Waals surface area contributed by atoms with Gasteiger partial charge in [-0.15, -0.1) is 0 Å². The molecule has 1 aromatic carbocycles. The molecule has 2 atom stereocenters. The second kappa shape index (κ2) is 7.39. The Balaban J connectivity index is 1.95. The van der Waals surface area contributed by atoms with Crippen molar-refractivity contribution in [1.29, 1.82) is 0 Å². The summed E-state index contributed by atoms with van der Waals surface area (Å²) in [5.41, 5.74) is 0.622. The van der Waals surface area contributed by atoms with Gasteiger partial charge in [-0.05, 0) is 24.9 Å².